The van der Waals surface area contributed by atoms with Crippen LogP contribution >= 0.6 is 15.9 Å². The molecule has 1 aromatic heterocycles. The molecule has 0 radical (unpaired) electrons. The highest BCUT2D eigenvalue weighted by Gasteiger charge is 2.29. The van der Waals surface area contributed by atoms with E-state index in [1.807, 2.05) is 18.2 Å². The molecule has 1 aliphatic carbocycles. The molecule has 3 N–H and O–H groups in total. The van der Waals surface area contributed by atoms with E-state index in [1.165, 1.54) is 0 Å². The number of aliphatic carboxylic acids is 1. The van der Waals surface area contributed by atoms with E-state index in [0.29, 0.717) is 0 Å². The number of aromatic amines is 1. The van der Waals surface area contributed by atoms with E-state index in [0.717, 1.165) is 40.2 Å². The van der Waals surface area contributed by atoms with Crippen LogP contribution in [-0.2, 0) is 16.0 Å². The van der Waals surface area contributed by atoms with Crippen LogP contribution in [0.25, 0.3) is 10.9 Å². The highest BCUT2D eigenvalue weighted by molar-refractivity contribution is 9.10. The SMILES string of the molecule is O=C(NC(Cc1c[nH]c2cccc(Br)c12)C(=O)O)C1CCC1. The van der Waals surface area contributed by atoms with Gasteiger partial charge in [0.15, 0.2) is 0 Å². The summed E-state index contributed by atoms with van der Waals surface area (Å²) in [5.41, 5.74) is 1.82. The molecule has 1 unspecified atom stereocenters. The van der Waals surface area contributed by atoms with Crippen LogP contribution in [0, 0.1) is 5.92 Å². The minimum atomic E-state index is -1.01. The van der Waals surface area contributed by atoms with Crippen molar-refractivity contribution in [3.63, 3.8) is 0 Å². The number of nitrogens with one attached hydrogen (secondary N) is 2. The molecular weight excluding hydrogens is 348 g/mol. The van der Waals surface area contributed by atoms with Gasteiger partial charge < -0.3 is 15.4 Å². The third kappa shape index (κ3) is 2.88. The molecule has 116 valence electrons. The molecule has 0 saturated heterocycles. The number of carbonyl (C=O) groups is 2. The Bertz CT molecular complexity index is 721. The Hall–Kier alpha value is -1.82. The van der Waals surface area contributed by atoms with E-state index in [1.54, 1.807) is 6.20 Å². The normalized spacial score (nSPS) is 16.2. The van der Waals surface area contributed by atoms with Crippen LogP contribution in [0.1, 0.15) is 24.8 Å². The number of H-pyrrole nitrogens is 1. The van der Waals surface area contributed by atoms with Crippen molar-refractivity contribution in [2.45, 2.75) is 31.7 Å². The molecule has 3 rings (SSSR count). The number of halogens is 1. The van der Waals surface area contributed by atoms with Crippen molar-refractivity contribution in [1.29, 1.82) is 0 Å². The first-order valence-electron chi connectivity index (χ1n) is 7.34. The molecule has 1 aromatic carbocycles. The number of hydrogen-bond donors (Lipinski definition) is 3. The van der Waals surface area contributed by atoms with Crippen LogP contribution in [0.5, 0.6) is 0 Å². The van der Waals surface area contributed by atoms with Gasteiger partial charge in [0.25, 0.3) is 0 Å². The average molecular weight is 365 g/mol. The zero-order valence-corrected chi connectivity index (χ0v) is 13.5. The predicted molar refractivity (Wildman–Crippen MR) is 86.6 cm³/mol. The highest BCUT2D eigenvalue weighted by atomic mass is 79.9. The van der Waals surface area contributed by atoms with Gasteiger partial charge in [-0.2, -0.15) is 0 Å². The molecular formula is C16H17BrN2O3. The second kappa shape index (κ2) is 6.12. The third-order valence-corrected chi connectivity index (χ3v) is 4.91. The second-order valence-corrected chi connectivity index (χ2v) is 6.56. The quantitative estimate of drug-likeness (QED) is 0.762. The maximum Gasteiger partial charge on any atom is 0.326 e. The van der Waals surface area contributed by atoms with Crippen molar-refractivity contribution in [1.82, 2.24) is 10.3 Å². The van der Waals surface area contributed by atoms with Gasteiger partial charge in [0.2, 0.25) is 5.91 Å². The van der Waals surface area contributed by atoms with Crippen molar-refractivity contribution in [2.75, 3.05) is 0 Å². The minimum Gasteiger partial charge on any atom is -0.480 e. The van der Waals surface area contributed by atoms with Gasteiger partial charge >= 0.3 is 5.97 Å². The number of carboxylic acids is 1. The summed E-state index contributed by atoms with van der Waals surface area (Å²) >= 11 is 3.49. The fraction of sp³-hybridized carbons (Fsp3) is 0.375. The molecule has 1 atom stereocenters. The molecule has 1 aliphatic rings. The number of hydrogen-bond acceptors (Lipinski definition) is 2. The summed E-state index contributed by atoms with van der Waals surface area (Å²) < 4.78 is 0.913. The standard InChI is InChI=1S/C16H17BrN2O3/c17-11-5-2-6-12-14(11)10(8-18-12)7-13(16(21)22)19-15(20)9-3-1-4-9/h2,5-6,8-9,13,18H,1,3-4,7H2,(H,19,20)(H,21,22). The van der Waals surface area contributed by atoms with Crippen LogP contribution in [0.3, 0.4) is 0 Å². The van der Waals surface area contributed by atoms with E-state index in [9.17, 15) is 14.7 Å². The van der Waals surface area contributed by atoms with Crippen LogP contribution in [0.2, 0.25) is 0 Å². The Kier molecular flexibility index (Phi) is 4.20. The second-order valence-electron chi connectivity index (χ2n) is 5.71. The Balaban J connectivity index is 1.80. The van der Waals surface area contributed by atoms with E-state index < -0.39 is 12.0 Å². The first-order chi connectivity index (χ1) is 10.6. The summed E-state index contributed by atoms with van der Waals surface area (Å²) in [5, 5.41) is 13.0. The molecule has 1 saturated carbocycles. The lowest BCUT2D eigenvalue weighted by Crippen LogP contribution is -2.46. The van der Waals surface area contributed by atoms with Crippen molar-refractivity contribution >= 4 is 38.7 Å². The molecule has 1 amide bonds. The predicted octanol–water partition coefficient (Wildman–Crippen LogP) is 2.84. The fourth-order valence-electron chi connectivity index (χ4n) is 2.75. The molecule has 5 nitrogen and oxygen atoms in total. The van der Waals surface area contributed by atoms with Gasteiger partial charge in [-0.05, 0) is 30.5 Å². The molecule has 0 bridgehead atoms. The molecule has 1 fully saturated rings. The average Bonchev–Trinajstić information content (AvgIpc) is 2.80. The molecule has 0 spiro atoms. The summed E-state index contributed by atoms with van der Waals surface area (Å²) in [5.74, 6) is -1.16. The van der Waals surface area contributed by atoms with Crippen molar-refractivity contribution in [3.8, 4) is 0 Å². The van der Waals surface area contributed by atoms with Gasteiger partial charge in [-0.25, -0.2) is 4.79 Å². The monoisotopic (exact) mass is 364 g/mol. The maximum absolute atomic E-state index is 12.0. The first-order valence-corrected chi connectivity index (χ1v) is 8.13. The first kappa shape index (κ1) is 15.1. The Morgan fingerprint density at radius 2 is 2.18 bits per heavy atom. The topological polar surface area (TPSA) is 82.2 Å². The summed E-state index contributed by atoms with van der Waals surface area (Å²) in [4.78, 5) is 26.6. The summed E-state index contributed by atoms with van der Waals surface area (Å²) in [6.45, 7) is 0. The summed E-state index contributed by atoms with van der Waals surface area (Å²) in [6.07, 6.45) is 4.83. The van der Waals surface area contributed by atoms with E-state index in [2.05, 4.69) is 26.2 Å². The van der Waals surface area contributed by atoms with Crippen molar-refractivity contribution in [2.24, 2.45) is 5.92 Å². The van der Waals surface area contributed by atoms with E-state index >= 15 is 0 Å². The minimum absolute atomic E-state index is 0.0171. The van der Waals surface area contributed by atoms with Gasteiger partial charge in [-0.15, -0.1) is 0 Å². The van der Waals surface area contributed by atoms with Gasteiger partial charge in [0.05, 0.1) is 0 Å². The Morgan fingerprint density at radius 1 is 1.41 bits per heavy atom. The number of amides is 1. The highest BCUT2D eigenvalue weighted by Crippen LogP contribution is 2.29. The molecule has 0 aliphatic heterocycles. The number of fused-ring (bicyclic) bond motifs is 1. The smallest absolute Gasteiger partial charge is 0.326 e. The lowest BCUT2D eigenvalue weighted by molar-refractivity contribution is -0.143. The number of rotatable bonds is 5. The number of carbonyl (C=O) groups excluding carboxylic acids is 1. The van der Waals surface area contributed by atoms with Crippen LogP contribution < -0.4 is 5.32 Å². The summed E-state index contributed by atoms with van der Waals surface area (Å²) in [7, 11) is 0. The lowest BCUT2D eigenvalue weighted by Gasteiger charge is -2.26. The number of benzene rings is 1. The molecule has 1 heterocycles. The van der Waals surface area contributed by atoms with Gasteiger partial charge in [0.1, 0.15) is 6.04 Å². The number of aromatic nitrogens is 1. The molecule has 2 aromatic rings. The summed E-state index contributed by atoms with van der Waals surface area (Å²) in [6, 6.07) is 4.87. The fourth-order valence-corrected chi connectivity index (χ4v) is 3.37. The zero-order valence-electron chi connectivity index (χ0n) is 11.9. The van der Waals surface area contributed by atoms with Gasteiger partial charge in [0, 0.05) is 33.9 Å². The molecule has 22 heavy (non-hydrogen) atoms. The Morgan fingerprint density at radius 3 is 2.82 bits per heavy atom. The van der Waals surface area contributed by atoms with Crippen LogP contribution in [-0.4, -0.2) is 28.0 Å². The van der Waals surface area contributed by atoms with E-state index in [4.69, 9.17) is 0 Å². The van der Waals surface area contributed by atoms with E-state index in [-0.39, 0.29) is 18.2 Å². The van der Waals surface area contributed by atoms with Crippen LogP contribution in [0.15, 0.2) is 28.9 Å². The van der Waals surface area contributed by atoms with Crippen LogP contribution in [0.4, 0.5) is 0 Å². The number of carboxylic acid groups (broad SMARTS) is 1. The third-order valence-electron chi connectivity index (χ3n) is 4.25. The lowest BCUT2D eigenvalue weighted by atomic mass is 9.84. The Labute approximate surface area is 136 Å². The van der Waals surface area contributed by atoms with Crippen molar-refractivity contribution in [3.05, 3.63) is 34.4 Å². The molecule has 6 heteroatoms. The largest absolute Gasteiger partial charge is 0.480 e. The van der Waals surface area contributed by atoms with Gasteiger partial charge in [-0.3, -0.25) is 4.79 Å². The van der Waals surface area contributed by atoms with Crippen molar-refractivity contribution < 1.29 is 14.7 Å². The van der Waals surface area contributed by atoms with Gasteiger partial charge in [-0.1, -0.05) is 28.4 Å². The maximum atomic E-state index is 12.0. The zero-order chi connectivity index (χ0) is 15.7.